The van der Waals surface area contributed by atoms with Crippen LogP contribution in [0.4, 0.5) is 0 Å². The van der Waals surface area contributed by atoms with E-state index in [1.807, 2.05) is 96.1 Å². The highest BCUT2D eigenvalue weighted by molar-refractivity contribution is 5.94. The van der Waals surface area contributed by atoms with Crippen molar-refractivity contribution in [3.8, 4) is 0 Å². The third kappa shape index (κ3) is 14.7. The molecule has 4 rings (SSSR count). The molecular formula is C38H62N8O3. The number of rotatable bonds is 0. The molecule has 0 N–H and O–H groups in total. The molecule has 0 aromatic carbocycles. The molecule has 0 bridgehead atoms. The van der Waals surface area contributed by atoms with Gasteiger partial charge in [0.25, 0.3) is 0 Å². The molecule has 0 amide bonds. The minimum Gasteiger partial charge on any atom is -0.328 e. The molecule has 0 spiro atoms. The first-order chi connectivity index (χ1) is 23.3. The Morgan fingerprint density at radius 3 is 1.43 bits per heavy atom. The van der Waals surface area contributed by atoms with Gasteiger partial charge in [-0.3, -0.25) is 13.7 Å². The number of aliphatic imine (C=N–C) groups is 1. The Bertz CT molecular complexity index is 2000. The maximum absolute atomic E-state index is 11.4. The quantitative estimate of drug-likeness (QED) is 0.248. The lowest BCUT2D eigenvalue weighted by molar-refractivity contribution is 0.256. The molecule has 49 heavy (non-hydrogen) atoms. The standard InChI is InChI=1S/C10H16N2.3C9H14N2O.CH4/c1-8-6-7-12(9(2)11-8)10(3,4)5;3*1-7-5-6-11(8(12)10-7)9(2,3)4;/h6-7H,2H2,1,3-5H3;3*5-6H,1-4H3;1H4/i6D,7D;6D;5D;;. The number of nitrogens with zero attached hydrogens (tertiary/aromatic N) is 8. The van der Waals surface area contributed by atoms with Gasteiger partial charge < -0.3 is 4.90 Å². The Hall–Kier alpha value is -4.41. The van der Waals surface area contributed by atoms with Crippen LogP contribution in [0.15, 0.2) is 80.7 Å². The van der Waals surface area contributed by atoms with Crippen LogP contribution in [0.1, 0.15) is 120 Å². The summed E-state index contributed by atoms with van der Waals surface area (Å²) in [5.74, 6) is 0.538. The molecule has 11 nitrogen and oxygen atoms in total. The first kappa shape index (κ1) is 37.4. The monoisotopic (exact) mass is 683 g/mol. The summed E-state index contributed by atoms with van der Waals surface area (Å²) in [6.45, 7) is 33.9. The van der Waals surface area contributed by atoms with E-state index in [0.717, 1.165) is 5.69 Å². The third-order valence-electron chi connectivity index (χ3n) is 6.37. The second kappa shape index (κ2) is 17.3. The summed E-state index contributed by atoms with van der Waals surface area (Å²) in [6, 6.07) is 3.90. The van der Waals surface area contributed by atoms with Gasteiger partial charge in [-0.1, -0.05) is 14.0 Å². The van der Waals surface area contributed by atoms with Crippen LogP contribution in [0.3, 0.4) is 0 Å². The van der Waals surface area contributed by atoms with Gasteiger partial charge >= 0.3 is 17.1 Å². The normalized spacial score (nSPS) is 14.6. The zero-order chi connectivity index (χ0) is 40.9. The lowest BCUT2D eigenvalue weighted by atomic mass is 10.1. The van der Waals surface area contributed by atoms with Crippen LogP contribution in [0.25, 0.3) is 0 Å². The van der Waals surface area contributed by atoms with E-state index in [-0.39, 0.29) is 65.1 Å². The van der Waals surface area contributed by atoms with Crippen molar-refractivity contribution in [1.82, 2.24) is 33.6 Å². The van der Waals surface area contributed by atoms with Gasteiger partial charge in [-0.2, -0.15) is 15.0 Å². The highest BCUT2D eigenvalue weighted by atomic mass is 16.2. The van der Waals surface area contributed by atoms with Gasteiger partial charge in [0.05, 0.1) is 5.48 Å². The minimum atomic E-state index is -0.380. The number of aryl methyl sites for hydroxylation is 3. The molecular weight excluding hydrogens is 616 g/mol. The fourth-order valence-electron chi connectivity index (χ4n) is 3.88. The number of hydrogen-bond acceptors (Lipinski definition) is 8. The molecule has 1 aliphatic rings. The van der Waals surface area contributed by atoms with Gasteiger partial charge in [-0.05, 0) is 135 Å². The van der Waals surface area contributed by atoms with Crippen LogP contribution >= 0.6 is 0 Å². The van der Waals surface area contributed by atoms with E-state index in [4.69, 9.17) is 5.48 Å². The van der Waals surface area contributed by atoms with Crippen molar-refractivity contribution >= 4 is 5.71 Å². The van der Waals surface area contributed by atoms with Crippen molar-refractivity contribution in [2.75, 3.05) is 0 Å². The molecule has 272 valence electrons. The Labute approximate surface area is 299 Å². The van der Waals surface area contributed by atoms with Crippen LogP contribution < -0.4 is 17.1 Å². The second-order valence-corrected chi connectivity index (χ2v) is 15.4. The van der Waals surface area contributed by atoms with Gasteiger partial charge in [0.15, 0.2) is 0 Å². The lowest BCUT2D eigenvalue weighted by Crippen LogP contribution is -2.37. The van der Waals surface area contributed by atoms with Crippen LogP contribution in [-0.4, -0.2) is 44.8 Å². The maximum atomic E-state index is 11.4. The Kier molecular flexibility index (Phi) is 13.2. The van der Waals surface area contributed by atoms with Crippen molar-refractivity contribution < 1.29 is 5.48 Å². The Morgan fingerprint density at radius 1 is 0.612 bits per heavy atom. The minimum absolute atomic E-state index is 0. The van der Waals surface area contributed by atoms with E-state index < -0.39 is 0 Å². The molecule has 0 saturated heterocycles. The zero-order valence-corrected chi connectivity index (χ0v) is 31.8. The molecule has 4 heterocycles. The predicted octanol–water partition coefficient (Wildman–Crippen LogP) is 7.10. The zero-order valence-electron chi connectivity index (χ0n) is 35.8. The van der Waals surface area contributed by atoms with Crippen molar-refractivity contribution in [2.45, 2.75) is 140 Å². The molecule has 0 radical (unpaired) electrons. The summed E-state index contributed by atoms with van der Waals surface area (Å²) in [6.07, 6.45) is 3.70. The van der Waals surface area contributed by atoms with Crippen LogP contribution in [-0.2, 0) is 16.6 Å². The van der Waals surface area contributed by atoms with Crippen molar-refractivity contribution in [1.29, 1.82) is 0 Å². The lowest BCUT2D eigenvalue weighted by Gasteiger charge is -2.35. The molecule has 1 aliphatic heterocycles. The van der Waals surface area contributed by atoms with Crippen LogP contribution in [0.5, 0.6) is 0 Å². The summed E-state index contributed by atoms with van der Waals surface area (Å²) < 4.78 is 35.1. The summed E-state index contributed by atoms with van der Waals surface area (Å²) in [5.41, 5.74) is 0.438. The molecule has 0 atom stereocenters. The SMILES string of the molecule is C.Cc1ccn(C(C)(C)C)c(=O)n1.[2H]C1=C([2H])N(C(C)(C)C)C(=C)N=C1C.[2H]c1cc(C)nc(=O)n1C(C)(C)C.[2H]c1cn(C(C)(C)C)c(=O)nc1C. The van der Waals surface area contributed by atoms with Crippen LogP contribution in [0, 0.1) is 20.8 Å². The second-order valence-electron chi connectivity index (χ2n) is 15.4. The topological polar surface area (TPSA) is 120 Å². The smallest absolute Gasteiger partial charge is 0.328 e. The Morgan fingerprint density at radius 2 is 1.02 bits per heavy atom. The van der Waals surface area contributed by atoms with E-state index in [0.29, 0.717) is 29.0 Å². The van der Waals surface area contributed by atoms with E-state index in [1.165, 1.54) is 15.3 Å². The molecule has 0 saturated carbocycles. The molecule has 0 fully saturated rings. The highest BCUT2D eigenvalue weighted by Gasteiger charge is 2.22. The summed E-state index contributed by atoms with van der Waals surface area (Å²) in [5, 5.41) is 0. The fraction of sp³-hybridized carbons (Fsp3) is 0.553. The fourth-order valence-corrected chi connectivity index (χ4v) is 3.88. The third-order valence-corrected chi connectivity index (χ3v) is 6.37. The average Bonchev–Trinajstić information content (AvgIpc) is 2.91. The molecule has 11 heteroatoms. The molecule has 3 aromatic rings. The largest absolute Gasteiger partial charge is 0.348 e. The average molecular weight is 683 g/mol. The Balaban J connectivity index is 0.000000677. The van der Waals surface area contributed by atoms with Gasteiger partial charge in [0.1, 0.15) is 5.82 Å². The van der Waals surface area contributed by atoms with E-state index >= 15 is 0 Å². The summed E-state index contributed by atoms with van der Waals surface area (Å²) in [7, 11) is 0. The number of aromatic nitrogens is 6. The number of allylic oxidation sites excluding steroid dienone is 1. The van der Waals surface area contributed by atoms with Crippen molar-refractivity contribution in [2.24, 2.45) is 4.99 Å². The van der Waals surface area contributed by atoms with E-state index in [2.05, 4.69) is 26.5 Å². The van der Waals surface area contributed by atoms with Gasteiger partial charge in [-0.15, -0.1) is 0 Å². The van der Waals surface area contributed by atoms with Crippen molar-refractivity contribution in [3.05, 3.63) is 110 Å². The summed E-state index contributed by atoms with van der Waals surface area (Å²) >= 11 is 0. The molecule has 0 unspecified atom stereocenters. The molecule has 3 aromatic heterocycles. The van der Waals surface area contributed by atoms with Gasteiger partial charge in [-0.25, -0.2) is 19.4 Å². The predicted molar refractivity (Wildman–Crippen MR) is 204 cm³/mol. The van der Waals surface area contributed by atoms with Crippen molar-refractivity contribution in [3.63, 3.8) is 0 Å². The van der Waals surface area contributed by atoms with E-state index in [9.17, 15) is 14.4 Å². The van der Waals surface area contributed by atoms with Crippen LogP contribution in [0.2, 0.25) is 0 Å². The maximum Gasteiger partial charge on any atom is 0.348 e. The first-order valence-electron chi connectivity index (χ1n) is 17.7. The summed E-state index contributed by atoms with van der Waals surface area (Å²) in [4.78, 5) is 51.4. The molecule has 0 aliphatic carbocycles. The highest BCUT2D eigenvalue weighted by Crippen LogP contribution is 2.22. The van der Waals surface area contributed by atoms with Gasteiger partial charge in [0.2, 0.25) is 0 Å². The first-order valence-corrected chi connectivity index (χ1v) is 15.7. The number of hydrogen-bond donors (Lipinski definition) is 0. The van der Waals surface area contributed by atoms with E-state index in [1.54, 1.807) is 42.5 Å². The van der Waals surface area contributed by atoms with Gasteiger partial charge in [0, 0.05) is 69.7 Å².